The smallest absolute Gasteiger partial charge is 0.277 e. The SMILES string of the molecule is Cc1nn(C)c(C(=O)Nc2ncn(Cc3cccc(Cl)c3)n2)c1Cl. The molecule has 1 aromatic carbocycles. The summed E-state index contributed by atoms with van der Waals surface area (Å²) in [5.74, 6) is -0.222. The molecular formula is C15H14Cl2N6O. The van der Waals surface area contributed by atoms with Crippen LogP contribution in [0.3, 0.4) is 0 Å². The number of aryl methyl sites for hydroxylation is 2. The molecule has 0 spiro atoms. The van der Waals surface area contributed by atoms with Gasteiger partial charge in [0, 0.05) is 12.1 Å². The van der Waals surface area contributed by atoms with Gasteiger partial charge in [0.05, 0.1) is 17.3 Å². The Balaban J connectivity index is 1.73. The molecule has 2 aromatic heterocycles. The van der Waals surface area contributed by atoms with Gasteiger partial charge in [0.25, 0.3) is 5.91 Å². The van der Waals surface area contributed by atoms with Gasteiger partial charge in [-0.25, -0.2) is 9.67 Å². The molecule has 1 amide bonds. The van der Waals surface area contributed by atoms with Gasteiger partial charge >= 0.3 is 0 Å². The molecule has 0 bridgehead atoms. The highest BCUT2D eigenvalue weighted by Crippen LogP contribution is 2.20. The molecule has 2 heterocycles. The third-order valence-corrected chi connectivity index (χ3v) is 4.05. The molecule has 7 nitrogen and oxygen atoms in total. The Morgan fingerprint density at radius 2 is 2.08 bits per heavy atom. The molecule has 0 aliphatic carbocycles. The zero-order valence-corrected chi connectivity index (χ0v) is 14.5. The van der Waals surface area contributed by atoms with Gasteiger partial charge < -0.3 is 0 Å². The predicted octanol–water partition coefficient (Wildman–Crippen LogP) is 2.93. The fourth-order valence-corrected chi connectivity index (χ4v) is 2.75. The minimum absolute atomic E-state index is 0.192. The van der Waals surface area contributed by atoms with Gasteiger partial charge in [0.1, 0.15) is 12.0 Å². The van der Waals surface area contributed by atoms with Crippen molar-refractivity contribution in [1.82, 2.24) is 24.5 Å². The van der Waals surface area contributed by atoms with E-state index < -0.39 is 5.91 Å². The minimum atomic E-state index is -0.413. The number of nitrogens with one attached hydrogen (secondary N) is 1. The van der Waals surface area contributed by atoms with E-state index in [2.05, 4.69) is 20.5 Å². The first kappa shape index (κ1) is 16.5. The van der Waals surface area contributed by atoms with E-state index >= 15 is 0 Å². The van der Waals surface area contributed by atoms with Crippen LogP contribution in [0.25, 0.3) is 0 Å². The monoisotopic (exact) mass is 364 g/mol. The van der Waals surface area contributed by atoms with E-state index in [1.54, 1.807) is 24.7 Å². The lowest BCUT2D eigenvalue weighted by atomic mass is 10.2. The average Bonchev–Trinajstić information content (AvgIpc) is 3.04. The molecule has 0 aliphatic heterocycles. The normalized spacial score (nSPS) is 10.8. The summed E-state index contributed by atoms with van der Waals surface area (Å²) in [5, 5.41) is 11.9. The van der Waals surface area contributed by atoms with Crippen molar-refractivity contribution < 1.29 is 4.79 Å². The van der Waals surface area contributed by atoms with E-state index in [0.717, 1.165) is 5.56 Å². The van der Waals surface area contributed by atoms with Crippen molar-refractivity contribution in [2.24, 2.45) is 7.05 Å². The van der Waals surface area contributed by atoms with Crippen LogP contribution < -0.4 is 5.32 Å². The van der Waals surface area contributed by atoms with Gasteiger partial charge in [-0.2, -0.15) is 5.10 Å². The van der Waals surface area contributed by atoms with Crippen LogP contribution in [0.15, 0.2) is 30.6 Å². The van der Waals surface area contributed by atoms with E-state index in [0.29, 0.717) is 22.3 Å². The van der Waals surface area contributed by atoms with Gasteiger partial charge in [0.2, 0.25) is 5.95 Å². The Morgan fingerprint density at radius 3 is 2.75 bits per heavy atom. The van der Waals surface area contributed by atoms with E-state index in [-0.39, 0.29) is 11.6 Å². The van der Waals surface area contributed by atoms with Crippen LogP contribution in [-0.2, 0) is 13.6 Å². The first-order valence-electron chi connectivity index (χ1n) is 7.08. The third kappa shape index (κ3) is 3.42. The van der Waals surface area contributed by atoms with Crippen LogP contribution in [0.4, 0.5) is 5.95 Å². The van der Waals surface area contributed by atoms with Gasteiger partial charge in [-0.15, -0.1) is 5.10 Å². The number of halogens is 2. The summed E-state index contributed by atoms with van der Waals surface area (Å²) < 4.78 is 3.04. The summed E-state index contributed by atoms with van der Waals surface area (Å²) >= 11 is 12.1. The lowest BCUT2D eigenvalue weighted by Crippen LogP contribution is -2.17. The summed E-state index contributed by atoms with van der Waals surface area (Å²) in [6.07, 6.45) is 1.53. The first-order chi connectivity index (χ1) is 11.4. The average molecular weight is 365 g/mol. The molecule has 124 valence electrons. The van der Waals surface area contributed by atoms with Gasteiger partial charge in [-0.3, -0.25) is 14.8 Å². The highest BCUT2D eigenvalue weighted by atomic mass is 35.5. The van der Waals surface area contributed by atoms with Crippen molar-refractivity contribution in [3.05, 3.63) is 57.6 Å². The Bertz CT molecular complexity index is 901. The zero-order valence-electron chi connectivity index (χ0n) is 13.0. The van der Waals surface area contributed by atoms with Crippen LogP contribution >= 0.6 is 23.2 Å². The maximum Gasteiger partial charge on any atom is 0.277 e. The van der Waals surface area contributed by atoms with Gasteiger partial charge in [-0.1, -0.05) is 35.3 Å². The van der Waals surface area contributed by atoms with Crippen LogP contribution in [0.1, 0.15) is 21.7 Å². The van der Waals surface area contributed by atoms with E-state index in [1.165, 1.54) is 11.0 Å². The van der Waals surface area contributed by atoms with Gasteiger partial charge in [0.15, 0.2) is 0 Å². The number of amides is 1. The topological polar surface area (TPSA) is 77.6 Å². The quantitative estimate of drug-likeness (QED) is 0.771. The van der Waals surface area contributed by atoms with E-state index in [4.69, 9.17) is 23.2 Å². The van der Waals surface area contributed by atoms with Crippen molar-refractivity contribution >= 4 is 35.1 Å². The Hall–Kier alpha value is -2.38. The molecule has 24 heavy (non-hydrogen) atoms. The number of carbonyl (C=O) groups excluding carboxylic acids is 1. The Kier molecular flexibility index (Phi) is 4.55. The molecule has 0 saturated carbocycles. The van der Waals surface area contributed by atoms with Crippen molar-refractivity contribution in [2.45, 2.75) is 13.5 Å². The highest BCUT2D eigenvalue weighted by Gasteiger charge is 2.19. The largest absolute Gasteiger partial charge is 0.288 e. The van der Waals surface area contributed by atoms with Gasteiger partial charge in [-0.05, 0) is 24.6 Å². The summed E-state index contributed by atoms with van der Waals surface area (Å²) in [6, 6.07) is 7.45. The maximum atomic E-state index is 12.3. The van der Waals surface area contributed by atoms with Crippen molar-refractivity contribution in [1.29, 1.82) is 0 Å². The number of benzene rings is 1. The first-order valence-corrected chi connectivity index (χ1v) is 7.84. The van der Waals surface area contributed by atoms with Crippen LogP contribution in [0.5, 0.6) is 0 Å². The fourth-order valence-electron chi connectivity index (χ4n) is 2.29. The highest BCUT2D eigenvalue weighted by molar-refractivity contribution is 6.34. The number of carbonyl (C=O) groups is 1. The second-order valence-corrected chi connectivity index (χ2v) is 6.04. The maximum absolute atomic E-state index is 12.3. The molecule has 0 radical (unpaired) electrons. The zero-order chi connectivity index (χ0) is 17.3. The van der Waals surface area contributed by atoms with Crippen molar-refractivity contribution in [3.8, 4) is 0 Å². The summed E-state index contributed by atoms with van der Waals surface area (Å²) in [7, 11) is 1.65. The number of rotatable bonds is 4. The van der Waals surface area contributed by atoms with Crippen LogP contribution in [0, 0.1) is 6.92 Å². The second-order valence-electron chi connectivity index (χ2n) is 5.22. The number of aromatic nitrogens is 5. The number of hydrogen-bond acceptors (Lipinski definition) is 4. The van der Waals surface area contributed by atoms with E-state index in [9.17, 15) is 4.79 Å². The molecule has 0 fully saturated rings. The second kappa shape index (κ2) is 6.62. The summed E-state index contributed by atoms with van der Waals surface area (Å²) in [4.78, 5) is 16.4. The summed E-state index contributed by atoms with van der Waals surface area (Å²) in [6.45, 7) is 2.23. The molecule has 3 aromatic rings. The number of anilines is 1. The lowest BCUT2D eigenvalue weighted by molar-refractivity contribution is 0.101. The molecule has 0 saturated heterocycles. The molecule has 1 N–H and O–H groups in total. The Morgan fingerprint density at radius 1 is 1.29 bits per heavy atom. The number of hydrogen-bond donors (Lipinski definition) is 1. The number of nitrogens with zero attached hydrogens (tertiary/aromatic N) is 5. The lowest BCUT2D eigenvalue weighted by Gasteiger charge is -2.03. The molecule has 0 aliphatic rings. The standard InChI is InChI=1S/C15H14Cl2N6O/c1-9-12(17)13(22(2)20-9)14(24)19-15-18-8-23(21-15)7-10-4-3-5-11(16)6-10/h3-6,8H,7H2,1-2H3,(H,19,21,24). The molecule has 0 atom stereocenters. The molecular weight excluding hydrogens is 351 g/mol. The minimum Gasteiger partial charge on any atom is -0.288 e. The van der Waals surface area contributed by atoms with Crippen molar-refractivity contribution in [2.75, 3.05) is 5.32 Å². The third-order valence-electron chi connectivity index (χ3n) is 3.36. The predicted molar refractivity (Wildman–Crippen MR) is 91.5 cm³/mol. The van der Waals surface area contributed by atoms with E-state index in [1.807, 2.05) is 18.2 Å². The van der Waals surface area contributed by atoms with Crippen LogP contribution in [-0.4, -0.2) is 30.5 Å². The molecule has 3 rings (SSSR count). The molecule has 0 unspecified atom stereocenters. The summed E-state index contributed by atoms with van der Waals surface area (Å²) in [5.41, 5.74) is 1.83. The fraction of sp³-hybridized carbons (Fsp3) is 0.200. The molecule has 9 heteroatoms. The van der Waals surface area contributed by atoms with Crippen LogP contribution in [0.2, 0.25) is 10.0 Å². The Labute approximate surface area is 148 Å². The van der Waals surface area contributed by atoms with Crippen molar-refractivity contribution in [3.63, 3.8) is 0 Å².